The summed E-state index contributed by atoms with van der Waals surface area (Å²) in [7, 11) is -1.31. The maximum atomic E-state index is 13.1. The van der Waals surface area contributed by atoms with Gasteiger partial charge in [-0.05, 0) is 49.4 Å². The molecule has 2 fully saturated rings. The van der Waals surface area contributed by atoms with Crippen LogP contribution in [0.25, 0.3) is 0 Å². The number of piperidine rings is 1. The number of benzene rings is 1. The molecule has 1 unspecified atom stereocenters. The largest absolute Gasteiger partial charge is 0.317 e. The van der Waals surface area contributed by atoms with Crippen LogP contribution in [0.4, 0.5) is 4.39 Å². The molecule has 9 heteroatoms. The van der Waals surface area contributed by atoms with E-state index >= 15 is 0 Å². The second-order valence-electron chi connectivity index (χ2n) is 8.78. The fourth-order valence-electron chi connectivity index (χ4n) is 5.12. The molecule has 2 aromatic rings. The van der Waals surface area contributed by atoms with Crippen molar-refractivity contribution in [3.63, 3.8) is 0 Å². The minimum absolute atomic E-state index is 0.0230. The molecule has 0 saturated carbocycles. The Labute approximate surface area is 177 Å². The highest BCUT2D eigenvalue weighted by Crippen LogP contribution is 2.49. The third-order valence-corrected chi connectivity index (χ3v) is 8.46. The quantitative estimate of drug-likeness (QED) is 0.697. The van der Waals surface area contributed by atoms with Gasteiger partial charge in [-0.2, -0.15) is 0 Å². The Morgan fingerprint density at radius 3 is 2.57 bits per heavy atom. The summed E-state index contributed by atoms with van der Waals surface area (Å²) in [5.74, 6) is 0.847. The third kappa shape index (κ3) is 4.15. The number of likely N-dealkylation sites (tertiary alicyclic amines) is 1. The van der Waals surface area contributed by atoms with E-state index < -0.39 is 10.0 Å². The molecule has 1 aromatic heterocycles. The number of likely N-dealkylation sites (N-methyl/N-ethyl adjacent to an activating group) is 1. The molecule has 2 aliphatic heterocycles. The fraction of sp³-hybridized carbons (Fsp3) is 0.619. The van der Waals surface area contributed by atoms with E-state index in [1.54, 1.807) is 16.4 Å². The van der Waals surface area contributed by atoms with Crippen LogP contribution < -0.4 is 0 Å². The zero-order valence-electron chi connectivity index (χ0n) is 17.7. The van der Waals surface area contributed by atoms with Gasteiger partial charge in [-0.1, -0.05) is 19.1 Å². The van der Waals surface area contributed by atoms with Gasteiger partial charge in [0, 0.05) is 38.6 Å². The number of rotatable bonds is 6. The molecule has 0 amide bonds. The Balaban J connectivity index is 1.49. The summed E-state index contributed by atoms with van der Waals surface area (Å²) in [6, 6.07) is 5.70. The molecule has 3 heterocycles. The van der Waals surface area contributed by atoms with E-state index in [4.69, 9.17) is 0 Å². The second-order valence-corrected chi connectivity index (χ2v) is 10.7. The van der Waals surface area contributed by atoms with Gasteiger partial charge in [-0.3, -0.25) is 0 Å². The maximum Gasteiger partial charge on any atom is 0.218 e. The highest BCUT2D eigenvalue weighted by atomic mass is 32.2. The fourth-order valence-corrected chi connectivity index (χ4v) is 6.65. The molecule has 4 rings (SSSR count). The normalized spacial score (nSPS) is 22.7. The number of hydrogen-bond donors (Lipinski definition) is 0. The predicted octanol–water partition coefficient (Wildman–Crippen LogP) is 2.47. The summed E-state index contributed by atoms with van der Waals surface area (Å²) in [6.07, 6.45) is 4.45. The Kier molecular flexibility index (Phi) is 5.96. The number of halogens is 1. The van der Waals surface area contributed by atoms with Crippen LogP contribution in [0.1, 0.15) is 43.5 Å². The summed E-state index contributed by atoms with van der Waals surface area (Å²) >= 11 is 0. The summed E-state index contributed by atoms with van der Waals surface area (Å²) < 4.78 is 42.8. The molecular formula is C21H30FN5O2S. The van der Waals surface area contributed by atoms with Crippen molar-refractivity contribution in [2.24, 2.45) is 5.41 Å². The first-order valence-corrected chi connectivity index (χ1v) is 12.2. The summed E-state index contributed by atoms with van der Waals surface area (Å²) in [6.45, 7) is 5.93. The Hall–Kier alpha value is -1.84. The van der Waals surface area contributed by atoms with Crippen molar-refractivity contribution in [3.05, 3.63) is 47.8 Å². The van der Waals surface area contributed by atoms with Crippen LogP contribution in [-0.2, 0) is 22.3 Å². The minimum atomic E-state index is -3.43. The molecule has 0 aliphatic carbocycles. The molecule has 2 aliphatic rings. The summed E-state index contributed by atoms with van der Waals surface area (Å²) in [5, 5.41) is 8.61. The van der Waals surface area contributed by atoms with Gasteiger partial charge in [-0.25, -0.2) is 17.1 Å². The topological polar surface area (TPSA) is 71.3 Å². The van der Waals surface area contributed by atoms with Crippen molar-refractivity contribution in [3.8, 4) is 0 Å². The van der Waals surface area contributed by atoms with Crippen molar-refractivity contribution >= 4 is 10.0 Å². The number of aromatic nitrogens is 3. The smallest absolute Gasteiger partial charge is 0.218 e. The van der Waals surface area contributed by atoms with E-state index in [0.717, 1.165) is 44.7 Å². The average Bonchev–Trinajstić information content (AvgIpc) is 3.28. The zero-order valence-corrected chi connectivity index (χ0v) is 18.5. The molecule has 0 bridgehead atoms. The van der Waals surface area contributed by atoms with Gasteiger partial charge < -0.3 is 9.47 Å². The number of hydrogen-bond acceptors (Lipinski definition) is 5. The molecule has 2 saturated heterocycles. The van der Waals surface area contributed by atoms with Crippen LogP contribution in [0.5, 0.6) is 0 Å². The molecule has 1 atom stereocenters. The van der Waals surface area contributed by atoms with E-state index in [0.29, 0.717) is 18.7 Å². The standard InChI is InChI=1S/C21H30FN5O2S/c1-3-10-26-16-23-24-20(26)19-13-25(2)15-21(19)8-11-27(12-9-21)30(28,29)14-17-4-6-18(22)7-5-17/h4-7,16,19H,3,8-15H2,1-2H3. The van der Waals surface area contributed by atoms with Crippen molar-refractivity contribution in [1.82, 2.24) is 24.0 Å². The minimum Gasteiger partial charge on any atom is -0.317 e. The first kappa shape index (κ1) is 21.4. The lowest BCUT2D eigenvalue weighted by molar-refractivity contribution is 0.140. The monoisotopic (exact) mass is 435 g/mol. The van der Waals surface area contributed by atoms with E-state index in [9.17, 15) is 12.8 Å². The van der Waals surface area contributed by atoms with Gasteiger partial charge in [-0.15, -0.1) is 10.2 Å². The molecular weight excluding hydrogens is 405 g/mol. The van der Waals surface area contributed by atoms with E-state index in [1.165, 1.54) is 12.1 Å². The van der Waals surface area contributed by atoms with Crippen molar-refractivity contribution in [2.75, 3.05) is 33.2 Å². The first-order valence-electron chi connectivity index (χ1n) is 10.6. The van der Waals surface area contributed by atoms with Gasteiger partial charge >= 0.3 is 0 Å². The van der Waals surface area contributed by atoms with Crippen molar-refractivity contribution in [2.45, 2.75) is 44.4 Å². The summed E-state index contributed by atoms with van der Waals surface area (Å²) in [4.78, 5) is 2.33. The highest BCUT2D eigenvalue weighted by molar-refractivity contribution is 7.88. The number of nitrogens with zero attached hydrogens (tertiary/aromatic N) is 5. The Bertz CT molecular complexity index is 968. The van der Waals surface area contributed by atoms with E-state index in [1.807, 2.05) is 6.33 Å². The SMILES string of the molecule is CCCn1cnnc1C1CN(C)CC12CCN(S(=O)(=O)Cc1ccc(F)cc1)CC2. The van der Waals surface area contributed by atoms with Crippen LogP contribution in [0.15, 0.2) is 30.6 Å². The first-order chi connectivity index (χ1) is 14.3. The molecule has 0 radical (unpaired) electrons. The van der Waals surface area contributed by atoms with Gasteiger partial charge in [0.25, 0.3) is 0 Å². The van der Waals surface area contributed by atoms with Crippen LogP contribution in [0, 0.1) is 11.2 Å². The summed E-state index contributed by atoms with van der Waals surface area (Å²) in [5.41, 5.74) is 0.637. The second kappa shape index (κ2) is 8.36. The van der Waals surface area contributed by atoms with Crippen LogP contribution in [0.3, 0.4) is 0 Å². The molecule has 0 N–H and O–H groups in total. The number of sulfonamides is 1. The van der Waals surface area contributed by atoms with Crippen molar-refractivity contribution in [1.29, 1.82) is 0 Å². The van der Waals surface area contributed by atoms with E-state index in [-0.39, 0.29) is 22.9 Å². The molecule has 7 nitrogen and oxygen atoms in total. The lowest BCUT2D eigenvalue weighted by atomic mass is 9.71. The predicted molar refractivity (Wildman–Crippen MR) is 113 cm³/mol. The zero-order chi connectivity index (χ0) is 21.4. The molecule has 164 valence electrons. The molecule has 1 spiro atoms. The lowest BCUT2D eigenvalue weighted by Crippen LogP contribution is -2.46. The average molecular weight is 436 g/mol. The third-order valence-electron chi connectivity index (χ3n) is 6.61. The highest BCUT2D eigenvalue weighted by Gasteiger charge is 2.50. The lowest BCUT2D eigenvalue weighted by Gasteiger charge is -2.41. The van der Waals surface area contributed by atoms with Crippen LogP contribution >= 0.6 is 0 Å². The maximum absolute atomic E-state index is 13.1. The van der Waals surface area contributed by atoms with E-state index in [2.05, 4.69) is 33.6 Å². The van der Waals surface area contributed by atoms with Crippen molar-refractivity contribution < 1.29 is 12.8 Å². The van der Waals surface area contributed by atoms with Gasteiger partial charge in [0.05, 0.1) is 5.75 Å². The van der Waals surface area contributed by atoms with Gasteiger partial charge in [0.15, 0.2) is 0 Å². The van der Waals surface area contributed by atoms with Gasteiger partial charge in [0.2, 0.25) is 10.0 Å². The van der Waals surface area contributed by atoms with Crippen LogP contribution in [-0.4, -0.2) is 65.6 Å². The molecule has 1 aromatic carbocycles. The number of aryl methyl sites for hydroxylation is 1. The van der Waals surface area contributed by atoms with Crippen LogP contribution in [0.2, 0.25) is 0 Å². The Morgan fingerprint density at radius 1 is 1.20 bits per heavy atom. The molecule has 30 heavy (non-hydrogen) atoms. The Morgan fingerprint density at radius 2 is 1.90 bits per heavy atom. The van der Waals surface area contributed by atoms with Gasteiger partial charge in [0.1, 0.15) is 18.0 Å².